The molecule has 0 bridgehead atoms. The third-order valence-electron chi connectivity index (χ3n) is 4.98. The molecule has 0 aliphatic carbocycles. The number of imide groups is 1. The van der Waals surface area contributed by atoms with Gasteiger partial charge in [-0.25, -0.2) is 4.79 Å². The van der Waals surface area contributed by atoms with Gasteiger partial charge < -0.3 is 10.6 Å². The van der Waals surface area contributed by atoms with E-state index in [-0.39, 0.29) is 18.4 Å². The summed E-state index contributed by atoms with van der Waals surface area (Å²) in [6.45, 7) is 1.90. The molecule has 3 rings (SSSR count). The van der Waals surface area contributed by atoms with Gasteiger partial charge in [0.1, 0.15) is 12.1 Å². The summed E-state index contributed by atoms with van der Waals surface area (Å²) < 4.78 is 0. The Kier molecular flexibility index (Phi) is 6.09. The van der Waals surface area contributed by atoms with Crippen molar-refractivity contribution in [2.24, 2.45) is 0 Å². The normalized spacial score (nSPS) is 18.8. The SMILES string of the molecule is C[C@@]1(CCc2ccccc2)NC(=O)N(CC(=O)NCCc2ccccc2)C1=O. The molecule has 2 aromatic rings. The van der Waals surface area contributed by atoms with Crippen LogP contribution in [-0.2, 0) is 22.4 Å². The van der Waals surface area contributed by atoms with Gasteiger partial charge >= 0.3 is 6.03 Å². The van der Waals surface area contributed by atoms with Gasteiger partial charge in [-0.15, -0.1) is 0 Å². The third kappa shape index (κ3) is 4.76. The number of benzene rings is 2. The first-order chi connectivity index (χ1) is 13.5. The van der Waals surface area contributed by atoms with E-state index in [1.54, 1.807) is 6.92 Å². The molecule has 0 radical (unpaired) electrons. The number of nitrogens with one attached hydrogen (secondary N) is 2. The molecule has 1 saturated heterocycles. The molecule has 6 heteroatoms. The van der Waals surface area contributed by atoms with Crippen LogP contribution in [0.4, 0.5) is 4.79 Å². The fourth-order valence-corrected chi connectivity index (χ4v) is 3.29. The van der Waals surface area contributed by atoms with Gasteiger partial charge in [0, 0.05) is 6.54 Å². The Balaban J connectivity index is 1.50. The molecule has 146 valence electrons. The maximum Gasteiger partial charge on any atom is 0.325 e. The van der Waals surface area contributed by atoms with Crippen molar-refractivity contribution in [1.82, 2.24) is 15.5 Å². The molecule has 1 aliphatic rings. The highest BCUT2D eigenvalue weighted by Crippen LogP contribution is 2.23. The molecule has 0 saturated carbocycles. The van der Waals surface area contributed by atoms with E-state index < -0.39 is 11.6 Å². The second kappa shape index (κ2) is 8.69. The van der Waals surface area contributed by atoms with E-state index in [2.05, 4.69) is 10.6 Å². The van der Waals surface area contributed by atoms with Crippen molar-refractivity contribution in [2.75, 3.05) is 13.1 Å². The van der Waals surface area contributed by atoms with E-state index in [1.165, 1.54) is 0 Å². The van der Waals surface area contributed by atoms with Crippen LogP contribution in [0.1, 0.15) is 24.5 Å². The lowest BCUT2D eigenvalue weighted by molar-refractivity contribution is -0.134. The summed E-state index contributed by atoms with van der Waals surface area (Å²) in [5.74, 6) is -0.696. The lowest BCUT2D eigenvalue weighted by Gasteiger charge is -2.21. The van der Waals surface area contributed by atoms with Crippen LogP contribution in [0.5, 0.6) is 0 Å². The fourth-order valence-electron chi connectivity index (χ4n) is 3.29. The summed E-state index contributed by atoms with van der Waals surface area (Å²) in [5, 5.41) is 5.52. The molecule has 0 unspecified atom stereocenters. The Morgan fingerprint density at radius 1 is 0.964 bits per heavy atom. The highest BCUT2D eigenvalue weighted by atomic mass is 16.2. The van der Waals surface area contributed by atoms with Crippen LogP contribution in [0.2, 0.25) is 0 Å². The Bertz CT molecular complexity index is 839. The first-order valence-corrected chi connectivity index (χ1v) is 9.46. The van der Waals surface area contributed by atoms with Gasteiger partial charge in [-0.1, -0.05) is 60.7 Å². The Hall–Kier alpha value is -3.15. The van der Waals surface area contributed by atoms with Gasteiger partial charge in [0.25, 0.3) is 5.91 Å². The van der Waals surface area contributed by atoms with Crippen LogP contribution in [0, 0.1) is 0 Å². The summed E-state index contributed by atoms with van der Waals surface area (Å²) >= 11 is 0. The molecule has 6 nitrogen and oxygen atoms in total. The minimum Gasteiger partial charge on any atom is -0.354 e. The van der Waals surface area contributed by atoms with Crippen molar-refractivity contribution in [3.05, 3.63) is 71.8 Å². The second-order valence-electron chi connectivity index (χ2n) is 7.22. The van der Waals surface area contributed by atoms with Gasteiger partial charge in [0.2, 0.25) is 5.91 Å². The van der Waals surface area contributed by atoms with Gasteiger partial charge in [-0.05, 0) is 37.3 Å². The zero-order valence-corrected chi connectivity index (χ0v) is 16.0. The summed E-state index contributed by atoms with van der Waals surface area (Å²) in [5.41, 5.74) is 1.23. The zero-order chi connectivity index (χ0) is 20.0. The number of hydrogen-bond acceptors (Lipinski definition) is 3. The van der Waals surface area contributed by atoms with Crippen molar-refractivity contribution in [1.29, 1.82) is 0 Å². The highest BCUT2D eigenvalue weighted by Gasteiger charge is 2.47. The molecule has 2 aromatic carbocycles. The maximum absolute atomic E-state index is 12.8. The van der Waals surface area contributed by atoms with Crippen molar-refractivity contribution in [2.45, 2.75) is 31.7 Å². The lowest BCUT2D eigenvalue weighted by atomic mass is 9.93. The van der Waals surface area contributed by atoms with Crippen LogP contribution < -0.4 is 10.6 Å². The van der Waals surface area contributed by atoms with E-state index in [0.717, 1.165) is 16.0 Å². The van der Waals surface area contributed by atoms with Crippen molar-refractivity contribution >= 4 is 17.8 Å². The Labute approximate surface area is 164 Å². The summed E-state index contributed by atoms with van der Waals surface area (Å²) in [4.78, 5) is 38.2. The smallest absolute Gasteiger partial charge is 0.325 e. The fraction of sp³-hybridized carbons (Fsp3) is 0.318. The number of carbonyl (C=O) groups excluding carboxylic acids is 3. The number of amides is 4. The molecule has 4 amide bonds. The monoisotopic (exact) mass is 379 g/mol. The minimum atomic E-state index is -0.989. The van der Waals surface area contributed by atoms with E-state index in [4.69, 9.17) is 0 Å². The van der Waals surface area contributed by atoms with Gasteiger partial charge in [-0.2, -0.15) is 0 Å². The zero-order valence-electron chi connectivity index (χ0n) is 16.0. The first-order valence-electron chi connectivity index (χ1n) is 9.46. The summed E-state index contributed by atoms with van der Waals surface area (Å²) in [6, 6.07) is 19.1. The Morgan fingerprint density at radius 2 is 1.54 bits per heavy atom. The maximum atomic E-state index is 12.8. The van der Waals surface area contributed by atoms with Crippen LogP contribution in [0.25, 0.3) is 0 Å². The van der Waals surface area contributed by atoms with Crippen molar-refractivity contribution in [3.8, 4) is 0 Å². The molecule has 1 fully saturated rings. The van der Waals surface area contributed by atoms with E-state index in [9.17, 15) is 14.4 Å². The van der Waals surface area contributed by atoms with Gasteiger partial charge in [0.05, 0.1) is 0 Å². The van der Waals surface area contributed by atoms with Crippen LogP contribution >= 0.6 is 0 Å². The average Bonchev–Trinajstić information content (AvgIpc) is 2.91. The molecule has 0 spiro atoms. The highest BCUT2D eigenvalue weighted by molar-refractivity contribution is 6.08. The standard InChI is InChI=1S/C22H25N3O3/c1-22(14-12-17-8-4-2-5-9-17)20(27)25(21(28)24-22)16-19(26)23-15-13-18-10-6-3-7-11-18/h2-11H,12-16H2,1H3,(H,23,26)(H,24,28)/t22-/m0/s1. The summed E-state index contributed by atoms with van der Waals surface area (Å²) in [7, 11) is 0. The minimum absolute atomic E-state index is 0.264. The number of nitrogens with zero attached hydrogens (tertiary/aromatic N) is 1. The lowest BCUT2D eigenvalue weighted by Crippen LogP contribution is -2.45. The first kappa shape index (κ1) is 19.6. The van der Waals surface area contributed by atoms with Crippen LogP contribution in [0.15, 0.2) is 60.7 Å². The second-order valence-corrected chi connectivity index (χ2v) is 7.22. The molecule has 28 heavy (non-hydrogen) atoms. The van der Waals surface area contributed by atoms with E-state index >= 15 is 0 Å². The number of aryl methyl sites for hydroxylation is 1. The molecule has 1 heterocycles. The average molecular weight is 379 g/mol. The number of hydrogen-bond donors (Lipinski definition) is 2. The van der Waals surface area contributed by atoms with Crippen molar-refractivity contribution < 1.29 is 14.4 Å². The van der Waals surface area contributed by atoms with Gasteiger partial charge in [-0.3, -0.25) is 14.5 Å². The number of carbonyl (C=O) groups is 3. The van der Waals surface area contributed by atoms with Crippen molar-refractivity contribution in [3.63, 3.8) is 0 Å². The molecular weight excluding hydrogens is 354 g/mol. The van der Waals surface area contributed by atoms with E-state index in [1.807, 2.05) is 60.7 Å². The topological polar surface area (TPSA) is 78.5 Å². The largest absolute Gasteiger partial charge is 0.354 e. The van der Waals surface area contributed by atoms with Crippen LogP contribution in [0.3, 0.4) is 0 Å². The third-order valence-corrected chi connectivity index (χ3v) is 4.98. The summed E-state index contributed by atoms with van der Waals surface area (Å²) in [6.07, 6.45) is 1.84. The molecule has 1 aliphatic heterocycles. The number of rotatable bonds is 8. The molecule has 2 N–H and O–H groups in total. The predicted octanol–water partition coefficient (Wildman–Crippen LogP) is 2.29. The Morgan fingerprint density at radius 3 is 2.14 bits per heavy atom. The quantitative estimate of drug-likeness (QED) is 0.691. The molecular formula is C22H25N3O3. The molecule has 0 aromatic heterocycles. The molecule has 1 atom stereocenters. The predicted molar refractivity (Wildman–Crippen MR) is 107 cm³/mol. The number of urea groups is 1. The van der Waals surface area contributed by atoms with E-state index in [0.29, 0.717) is 25.8 Å². The van der Waals surface area contributed by atoms with Gasteiger partial charge in [0.15, 0.2) is 0 Å². The van der Waals surface area contributed by atoms with Crippen LogP contribution in [-0.4, -0.2) is 41.4 Å².